The van der Waals surface area contributed by atoms with Gasteiger partial charge in [-0.25, -0.2) is 4.79 Å². The number of anilines is 2. The van der Waals surface area contributed by atoms with Gasteiger partial charge in [0.25, 0.3) is 0 Å². The van der Waals surface area contributed by atoms with Gasteiger partial charge in [0.1, 0.15) is 6.10 Å². The third-order valence-electron chi connectivity index (χ3n) is 8.03. The lowest BCUT2D eigenvalue weighted by molar-refractivity contribution is -0.182. The summed E-state index contributed by atoms with van der Waals surface area (Å²) >= 11 is 0. The number of likely N-dealkylation sites (tertiary alicyclic amines) is 1. The molecular weight excluding hydrogens is 408 g/mol. The maximum atomic E-state index is 13.0. The lowest BCUT2D eigenvalue weighted by Gasteiger charge is -2.57. The number of methoxy groups -OCH3 is 1. The predicted molar refractivity (Wildman–Crippen MR) is 117 cm³/mol. The number of hydrogen-bond acceptors (Lipinski definition) is 7. The van der Waals surface area contributed by atoms with Crippen molar-refractivity contribution in [2.24, 2.45) is 23.2 Å². The van der Waals surface area contributed by atoms with E-state index in [-0.39, 0.29) is 41.5 Å². The molecule has 32 heavy (non-hydrogen) atoms. The Morgan fingerprint density at radius 1 is 1.25 bits per heavy atom. The molecule has 0 spiro atoms. The van der Waals surface area contributed by atoms with E-state index >= 15 is 0 Å². The Morgan fingerprint density at radius 2 is 2.00 bits per heavy atom. The van der Waals surface area contributed by atoms with Crippen LogP contribution in [0.15, 0.2) is 18.2 Å². The molecule has 8 heteroatoms. The Balaban J connectivity index is 1.19. The van der Waals surface area contributed by atoms with Crippen molar-refractivity contribution in [2.75, 3.05) is 31.2 Å². The molecule has 5 aliphatic rings. The molecule has 5 fully saturated rings. The topological polar surface area (TPSA) is 118 Å². The number of carbonyl (C=O) groups is 2. The van der Waals surface area contributed by atoms with E-state index < -0.39 is 0 Å². The highest BCUT2D eigenvalue weighted by Gasteiger charge is 2.60. The van der Waals surface area contributed by atoms with Crippen molar-refractivity contribution >= 4 is 23.4 Å². The molecule has 1 aromatic carbocycles. The number of nitrogen functional groups attached to an aromatic ring is 1. The van der Waals surface area contributed by atoms with E-state index in [1.807, 2.05) is 0 Å². The molecule has 6 rings (SSSR count). The molecule has 8 nitrogen and oxygen atoms in total. The maximum absolute atomic E-state index is 13.0. The van der Waals surface area contributed by atoms with E-state index in [0.29, 0.717) is 30.3 Å². The van der Waals surface area contributed by atoms with Gasteiger partial charge in [0.15, 0.2) is 0 Å². The molecule has 0 radical (unpaired) electrons. The SMILES string of the molecule is COC(=O)C12CC3C[C@H](C1)C(OC(=O)N1CCC(Nc4ccc(C#N)cc4N)C1)[C@H](C3)C2. The standard InChI is InChI=1S/C24H30N4O4/c1-31-22(29)24-9-15-6-16(10-24)21(17(7-15)11-24)32-23(30)28-5-4-18(13-28)27-20-3-2-14(12-25)8-19(20)26/h2-3,8,15-18,21,27H,4-7,9-11,13,26H2,1H3/t15?,16-,17-,18?,21?,24?/m1/s1. The van der Waals surface area contributed by atoms with Gasteiger partial charge < -0.3 is 25.4 Å². The molecule has 1 aromatic rings. The highest BCUT2D eigenvalue weighted by atomic mass is 16.6. The number of nitrogens with zero attached hydrogens (tertiary/aromatic N) is 2. The monoisotopic (exact) mass is 438 g/mol. The second kappa shape index (κ2) is 7.88. The number of nitrogens with one attached hydrogen (secondary N) is 1. The first-order chi connectivity index (χ1) is 15.4. The van der Waals surface area contributed by atoms with Gasteiger partial charge in [-0.05, 0) is 74.5 Å². The van der Waals surface area contributed by atoms with Crippen LogP contribution in [0.25, 0.3) is 0 Å². The summed E-state index contributed by atoms with van der Waals surface area (Å²) in [5, 5.41) is 12.4. The van der Waals surface area contributed by atoms with Crippen LogP contribution >= 0.6 is 0 Å². The van der Waals surface area contributed by atoms with Gasteiger partial charge in [-0.3, -0.25) is 4.79 Å². The van der Waals surface area contributed by atoms with Gasteiger partial charge >= 0.3 is 12.1 Å². The van der Waals surface area contributed by atoms with E-state index in [1.54, 1.807) is 23.1 Å². The molecule has 4 aliphatic carbocycles. The molecule has 4 bridgehead atoms. The average molecular weight is 439 g/mol. The van der Waals surface area contributed by atoms with Crippen LogP contribution in [0.1, 0.15) is 44.1 Å². The van der Waals surface area contributed by atoms with Gasteiger partial charge in [0, 0.05) is 19.1 Å². The van der Waals surface area contributed by atoms with E-state index in [2.05, 4.69) is 11.4 Å². The number of amides is 1. The quantitative estimate of drug-likeness (QED) is 0.548. The third kappa shape index (κ3) is 3.54. The van der Waals surface area contributed by atoms with Crippen molar-refractivity contribution in [2.45, 2.75) is 50.7 Å². The number of nitriles is 1. The summed E-state index contributed by atoms with van der Waals surface area (Å²) in [4.78, 5) is 27.2. The first-order valence-electron chi connectivity index (χ1n) is 11.5. The van der Waals surface area contributed by atoms with Crippen LogP contribution in [0.3, 0.4) is 0 Å². The maximum Gasteiger partial charge on any atom is 0.410 e. The minimum Gasteiger partial charge on any atom is -0.469 e. The molecule has 170 valence electrons. The Labute approximate surface area is 188 Å². The second-order valence-electron chi connectivity index (χ2n) is 10.1. The normalized spacial score (nSPS) is 34.8. The van der Waals surface area contributed by atoms with Crippen LogP contribution in [-0.2, 0) is 14.3 Å². The molecule has 1 saturated heterocycles. The highest BCUT2D eigenvalue weighted by molar-refractivity contribution is 5.77. The van der Waals surface area contributed by atoms with Crippen LogP contribution in [0.4, 0.5) is 16.2 Å². The molecule has 1 heterocycles. The van der Waals surface area contributed by atoms with Crippen molar-refractivity contribution in [1.29, 1.82) is 5.26 Å². The number of nitrogens with two attached hydrogens (primary N) is 1. The number of esters is 1. The molecule has 1 unspecified atom stereocenters. The van der Waals surface area contributed by atoms with Gasteiger partial charge in [-0.15, -0.1) is 0 Å². The van der Waals surface area contributed by atoms with Crippen LogP contribution < -0.4 is 11.1 Å². The van der Waals surface area contributed by atoms with E-state index in [1.165, 1.54) is 7.11 Å². The molecule has 3 atom stereocenters. The zero-order valence-electron chi connectivity index (χ0n) is 18.4. The van der Waals surface area contributed by atoms with E-state index in [0.717, 1.165) is 44.2 Å². The Bertz CT molecular complexity index is 957. The minimum absolute atomic E-state index is 0.0823. The zero-order valence-corrected chi connectivity index (χ0v) is 18.4. The summed E-state index contributed by atoms with van der Waals surface area (Å²) in [6.45, 7) is 1.18. The van der Waals surface area contributed by atoms with Crippen molar-refractivity contribution in [3.05, 3.63) is 23.8 Å². The largest absolute Gasteiger partial charge is 0.469 e. The molecule has 3 N–H and O–H groups in total. The summed E-state index contributed by atoms with van der Waals surface area (Å²) in [5.74, 6) is 0.954. The molecule has 1 amide bonds. The number of carbonyl (C=O) groups excluding carboxylic acids is 2. The molecule has 0 aromatic heterocycles. The summed E-state index contributed by atoms with van der Waals surface area (Å²) < 4.78 is 11.2. The predicted octanol–water partition coefficient (Wildman–Crippen LogP) is 3.13. The van der Waals surface area contributed by atoms with Gasteiger partial charge in [0.2, 0.25) is 0 Å². The Morgan fingerprint density at radius 3 is 2.66 bits per heavy atom. The fourth-order valence-corrected chi connectivity index (χ4v) is 6.86. The highest BCUT2D eigenvalue weighted by Crippen LogP contribution is 2.61. The lowest BCUT2D eigenvalue weighted by Crippen LogP contribution is -2.58. The van der Waals surface area contributed by atoms with E-state index in [4.69, 9.17) is 20.5 Å². The minimum atomic E-state index is -0.363. The summed E-state index contributed by atoms with van der Waals surface area (Å²) in [6.07, 6.45) is 4.99. The van der Waals surface area contributed by atoms with Crippen LogP contribution in [0.5, 0.6) is 0 Å². The molecule has 4 saturated carbocycles. The van der Waals surface area contributed by atoms with Crippen LogP contribution in [0, 0.1) is 34.5 Å². The fraction of sp³-hybridized carbons (Fsp3) is 0.625. The summed E-state index contributed by atoms with van der Waals surface area (Å²) in [7, 11) is 1.47. The van der Waals surface area contributed by atoms with Gasteiger partial charge in [-0.1, -0.05) is 0 Å². The number of ether oxygens (including phenoxy) is 2. The number of hydrogen-bond donors (Lipinski definition) is 2. The number of rotatable bonds is 4. The van der Waals surface area contributed by atoms with Gasteiger partial charge in [-0.2, -0.15) is 5.26 Å². The zero-order chi connectivity index (χ0) is 22.5. The first kappa shape index (κ1) is 20.9. The van der Waals surface area contributed by atoms with Gasteiger partial charge in [0.05, 0.1) is 35.5 Å². The lowest BCUT2D eigenvalue weighted by atomic mass is 9.48. The summed E-state index contributed by atoms with van der Waals surface area (Å²) in [6, 6.07) is 7.35. The van der Waals surface area contributed by atoms with Crippen molar-refractivity contribution in [1.82, 2.24) is 4.90 Å². The third-order valence-corrected chi connectivity index (χ3v) is 8.03. The van der Waals surface area contributed by atoms with E-state index in [9.17, 15) is 9.59 Å². The Hall–Kier alpha value is -2.95. The average Bonchev–Trinajstić information content (AvgIpc) is 3.25. The van der Waals surface area contributed by atoms with Crippen LogP contribution in [-0.4, -0.2) is 49.3 Å². The van der Waals surface area contributed by atoms with Crippen molar-refractivity contribution in [3.8, 4) is 6.07 Å². The molecule has 1 aliphatic heterocycles. The molecular formula is C24H30N4O4. The number of benzene rings is 1. The van der Waals surface area contributed by atoms with Crippen LogP contribution in [0.2, 0.25) is 0 Å². The second-order valence-corrected chi connectivity index (χ2v) is 10.1. The summed E-state index contributed by atoms with van der Waals surface area (Å²) in [5.41, 5.74) is 7.51. The van der Waals surface area contributed by atoms with Crippen molar-refractivity contribution in [3.63, 3.8) is 0 Å². The fourth-order valence-electron chi connectivity index (χ4n) is 6.86. The Kier molecular flexibility index (Phi) is 5.15. The first-order valence-corrected chi connectivity index (χ1v) is 11.5. The van der Waals surface area contributed by atoms with Crippen molar-refractivity contribution < 1.29 is 19.1 Å². The smallest absolute Gasteiger partial charge is 0.410 e.